The summed E-state index contributed by atoms with van der Waals surface area (Å²) in [4.78, 5) is 15.7. The Bertz CT molecular complexity index is 744. The number of ether oxygens (including phenoxy) is 1. The van der Waals surface area contributed by atoms with Gasteiger partial charge in [0.25, 0.3) is 0 Å². The number of carboxylic acids is 1. The van der Waals surface area contributed by atoms with Crippen LogP contribution in [0.5, 0.6) is 5.75 Å². The minimum absolute atomic E-state index is 0.0186. The Morgan fingerprint density at radius 3 is 2.76 bits per heavy atom. The van der Waals surface area contributed by atoms with Crippen LogP contribution in [0.1, 0.15) is 42.8 Å². The largest absolute Gasteiger partial charge is 0.485 e. The van der Waals surface area contributed by atoms with E-state index in [2.05, 4.69) is 4.98 Å². The molecule has 2 aromatic rings. The van der Waals surface area contributed by atoms with Crippen LogP contribution in [-0.2, 0) is 12.0 Å². The molecule has 0 spiro atoms. The average molecular weight is 290 g/mol. The Kier molecular flexibility index (Phi) is 2.79. The lowest BCUT2D eigenvalue weighted by Crippen LogP contribution is -2.22. The summed E-state index contributed by atoms with van der Waals surface area (Å²) in [5.74, 6) is -0.482. The third kappa shape index (κ3) is 2.07. The van der Waals surface area contributed by atoms with Gasteiger partial charge in [0.1, 0.15) is 24.0 Å². The van der Waals surface area contributed by atoms with Crippen molar-refractivity contribution in [2.75, 3.05) is 0 Å². The highest BCUT2D eigenvalue weighted by molar-refractivity contribution is 5.87. The van der Waals surface area contributed by atoms with E-state index in [9.17, 15) is 14.3 Å². The van der Waals surface area contributed by atoms with E-state index >= 15 is 0 Å². The van der Waals surface area contributed by atoms with Crippen molar-refractivity contribution in [2.45, 2.75) is 32.8 Å². The zero-order valence-electron chi connectivity index (χ0n) is 12.0. The molecule has 0 unspecified atom stereocenters. The van der Waals surface area contributed by atoms with Gasteiger partial charge in [0.15, 0.2) is 5.69 Å². The van der Waals surface area contributed by atoms with E-state index in [1.807, 2.05) is 20.8 Å². The van der Waals surface area contributed by atoms with Gasteiger partial charge in [-0.05, 0) is 12.1 Å². The van der Waals surface area contributed by atoms with Crippen LogP contribution in [0.25, 0.3) is 5.69 Å². The van der Waals surface area contributed by atoms with Crippen LogP contribution in [0, 0.1) is 5.82 Å². The van der Waals surface area contributed by atoms with E-state index in [0.29, 0.717) is 23.0 Å². The van der Waals surface area contributed by atoms with Gasteiger partial charge in [-0.15, -0.1) is 0 Å². The van der Waals surface area contributed by atoms with Gasteiger partial charge in [-0.3, -0.25) is 4.57 Å². The number of benzene rings is 1. The molecule has 0 aliphatic carbocycles. The predicted molar refractivity (Wildman–Crippen MR) is 73.5 cm³/mol. The number of imidazole rings is 1. The van der Waals surface area contributed by atoms with E-state index < -0.39 is 11.8 Å². The number of carbonyl (C=O) groups is 1. The Labute approximate surface area is 121 Å². The topological polar surface area (TPSA) is 64.3 Å². The molecule has 0 fully saturated rings. The van der Waals surface area contributed by atoms with Gasteiger partial charge in [-0.1, -0.05) is 20.8 Å². The first-order valence-corrected chi connectivity index (χ1v) is 6.57. The Hall–Kier alpha value is -2.37. The van der Waals surface area contributed by atoms with Crippen LogP contribution in [0.4, 0.5) is 4.39 Å². The molecule has 3 rings (SSSR count). The summed E-state index contributed by atoms with van der Waals surface area (Å²) < 4.78 is 20.6. The smallest absolute Gasteiger partial charge is 0.356 e. The van der Waals surface area contributed by atoms with E-state index in [-0.39, 0.29) is 17.7 Å². The summed E-state index contributed by atoms with van der Waals surface area (Å²) in [6.45, 7) is 5.91. The van der Waals surface area contributed by atoms with Crippen molar-refractivity contribution in [1.82, 2.24) is 9.55 Å². The van der Waals surface area contributed by atoms with Gasteiger partial charge >= 0.3 is 5.97 Å². The van der Waals surface area contributed by atoms with Crippen LogP contribution in [0.15, 0.2) is 18.2 Å². The van der Waals surface area contributed by atoms with Gasteiger partial charge in [0.2, 0.25) is 0 Å². The molecule has 21 heavy (non-hydrogen) atoms. The minimum Gasteiger partial charge on any atom is -0.485 e. The van der Waals surface area contributed by atoms with Gasteiger partial charge < -0.3 is 9.84 Å². The van der Waals surface area contributed by atoms with Gasteiger partial charge in [-0.2, -0.15) is 0 Å². The molecule has 0 saturated heterocycles. The highest BCUT2D eigenvalue weighted by Gasteiger charge is 2.33. The first kappa shape index (κ1) is 13.6. The maximum absolute atomic E-state index is 13.3. The molecular formula is C15H15FN2O3. The van der Waals surface area contributed by atoms with Crippen LogP contribution >= 0.6 is 0 Å². The van der Waals surface area contributed by atoms with E-state index in [0.717, 1.165) is 0 Å². The van der Waals surface area contributed by atoms with E-state index in [1.165, 1.54) is 12.1 Å². The number of hydrogen-bond donors (Lipinski definition) is 1. The molecule has 110 valence electrons. The lowest BCUT2D eigenvalue weighted by atomic mass is 9.95. The first-order valence-electron chi connectivity index (χ1n) is 6.57. The molecule has 6 heteroatoms. The maximum atomic E-state index is 13.3. The van der Waals surface area contributed by atoms with Crippen molar-refractivity contribution in [1.29, 1.82) is 0 Å². The van der Waals surface area contributed by atoms with Crippen LogP contribution in [-0.4, -0.2) is 20.6 Å². The first-order chi connectivity index (χ1) is 9.79. The zero-order chi connectivity index (χ0) is 15.4. The summed E-state index contributed by atoms with van der Waals surface area (Å²) in [5.41, 5.74) is 0.717. The molecule has 0 radical (unpaired) electrons. The van der Waals surface area contributed by atoms with Gasteiger partial charge in [0.05, 0.1) is 11.4 Å². The molecule has 5 nitrogen and oxygen atoms in total. The third-order valence-corrected chi connectivity index (χ3v) is 3.37. The summed E-state index contributed by atoms with van der Waals surface area (Å²) in [6, 6.07) is 4.20. The molecule has 0 saturated carbocycles. The third-order valence-electron chi connectivity index (χ3n) is 3.37. The minimum atomic E-state index is -1.09. The van der Waals surface area contributed by atoms with Crippen LogP contribution in [0.2, 0.25) is 0 Å². The molecule has 1 aromatic carbocycles. The average Bonchev–Trinajstić information content (AvgIpc) is 2.77. The summed E-state index contributed by atoms with van der Waals surface area (Å²) in [6.07, 6.45) is 0. The molecule has 2 heterocycles. The van der Waals surface area contributed by atoms with Crippen molar-refractivity contribution in [3.05, 3.63) is 41.2 Å². The number of carboxylic acid groups (broad SMARTS) is 1. The molecule has 1 aromatic heterocycles. The summed E-state index contributed by atoms with van der Waals surface area (Å²) in [7, 11) is 0. The van der Waals surface area contributed by atoms with Crippen LogP contribution in [0.3, 0.4) is 0 Å². The fourth-order valence-corrected chi connectivity index (χ4v) is 2.46. The van der Waals surface area contributed by atoms with Crippen molar-refractivity contribution < 1.29 is 19.0 Å². The second-order valence-corrected chi connectivity index (χ2v) is 6.02. The summed E-state index contributed by atoms with van der Waals surface area (Å²) in [5, 5.41) is 9.32. The fourth-order valence-electron chi connectivity index (χ4n) is 2.46. The highest BCUT2D eigenvalue weighted by atomic mass is 19.1. The summed E-state index contributed by atoms with van der Waals surface area (Å²) >= 11 is 0. The second kappa shape index (κ2) is 4.31. The van der Waals surface area contributed by atoms with Gasteiger partial charge in [0, 0.05) is 11.5 Å². The normalized spacial score (nSPS) is 13.3. The molecule has 0 atom stereocenters. The number of rotatable bonds is 1. The Balaban J connectivity index is 2.33. The number of nitrogens with zero attached hydrogens (tertiary/aromatic N) is 2. The highest BCUT2D eigenvalue weighted by Crippen LogP contribution is 2.36. The Morgan fingerprint density at radius 2 is 2.14 bits per heavy atom. The van der Waals surface area contributed by atoms with E-state index in [1.54, 1.807) is 10.6 Å². The van der Waals surface area contributed by atoms with Crippen molar-refractivity contribution in [2.24, 2.45) is 0 Å². The maximum Gasteiger partial charge on any atom is 0.356 e. The van der Waals surface area contributed by atoms with E-state index in [4.69, 9.17) is 4.74 Å². The monoisotopic (exact) mass is 290 g/mol. The molecule has 1 aliphatic heterocycles. The molecular weight excluding hydrogens is 275 g/mol. The quantitative estimate of drug-likeness (QED) is 0.877. The van der Waals surface area contributed by atoms with Crippen molar-refractivity contribution in [3.63, 3.8) is 0 Å². The number of fused-ring (bicyclic) bond motifs is 3. The predicted octanol–water partition coefficient (Wildman–Crippen LogP) is 2.90. The van der Waals surface area contributed by atoms with Gasteiger partial charge in [-0.25, -0.2) is 14.2 Å². The second-order valence-electron chi connectivity index (χ2n) is 6.02. The Morgan fingerprint density at radius 1 is 1.43 bits per heavy atom. The molecule has 1 aliphatic rings. The molecule has 0 amide bonds. The SMILES string of the molecule is CC(C)(C)c1nc(C(=O)O)c2n1-c1ccc(F)cc1OC2. The number of hydrogen-bond acceptors (Lipinski definition) is 3. The number of halogens is 1. The standard InChI is InChI=1S/C15H15FN2O3/c1-15(2,3)14-17-12(13(19)20)10-7-21-11-6-8(16)4-5-9(11)18(10)14/h4-6H,7H2,1-3H3,(H,19,20). The van der Waals surface area contributed by atoms with Crippen molar-refractivity contribution in [3.8, 4) is 11.4 Å². The molecule has 1 N–H and O–H groups in total. The number of aromatic carboxylic acids is 1. The van der Waals surface area contributed by atoms with Crippen LogP contribution < -0.4 is 4.74 Å². The number of aromatic nitrogens is 2. The lowest BCUT2D eigenvalue weighted by Gasteiger charge is -2.25. The zero-order valence-corrected chi connectivity index (χ0v) is 12.0. The fraction of sp³-hybridized carbons (Fsp3) is 0.333. The van der Waals surface area contributed by atoms with Crippen molar-refractivity contribution >= 4 is 5.97 Å². The molecule has 0 bridgehead atoms. The lowest BCUT2D eigenvalue weighted by molar-refractivity contribution is 0.0687.